The first kappa shape index (κ1) is 15.0. The monoisotopic (exact) mass is 278 g/mol. The van der Waals surface area contributed by atoms with E-state index in [9.17, 15) is 0 Å². The highest BCUT2D eigenvalue weighted by molar-refractivity contribution is 6.12. The molecule has 0 amide bonds. The van der Waals surface area contributed by atoms with E-state index in [1.807, 2.05) is 54.6 Å². The highest BCUT2D eigenvalue weighted by Crippen LogP contribution is 2.12. The van der Waals surface area contributed by atoms with Gasteiger partial charge < -0.3 is 5.73 Å². The normalized spacial score (nSPS) is 14.0. The molecule has 0 aliphatic rings. The van der Waals surface area contributed by atoms with Crippen molar-refractivity contribution in [3.05, 3.63) is 77.9 Å². The molecule has 0 saturated carbocycles. The van der Waals surface area contributed by atoms with Gasteiger partial charge in [-0.15, -0.1) is 0 Å². The molecule has 2 heteroatoms. The van der Waals surface area contributed by atoms with Crippen LogP contribution in [0.3, 0.4) is 0 Å². The van der Waals surface area contributed by atoms with Crippen LogP contribution in [-0.4, -0.2) is 11.8 Å². The number of allylic oxidation sites excluding steroid dienone is 1. The molecule has 0 radical (unpaired) electrons. The summed E-state index contributed by atoms with van der Waals surface area (Å²) in [5, 5.41) is 0. The summed E-state index contributed by atoms with van der Waals surface area (Å²) in [6.07, 6.45) is 2.98. The average molecular weight is 278 g/mol. The first-order chi connectivity index (χ1) is 10.2. The standard InChI is InChI=1S/C19H22N2/c1-3-15(2)21-19(17-12-8-5-9-13-17)14-18(20)16-10-6-4-7-11-16/h4-15H,3,20H2,1-2H3/t15-/m0/s1. The molecule has 0 aromatic heterocycles. The van der Waals surface area contributed by atoms with Crippen molar-refractivity contribution in [3.8, 4) is 0 Å². The van der Waals surface area contributed by atoms with Crippen LogP contribution in [0, 0.1) is 0 Å². The lowest BCUT2D eigenvalue weighted by atomic mass is 10.1. The third kappa shape index (κ3) is 4.32. The second-order valence-electron chi connectivity index (χ2n) is 5.10. The Hall–Kier alpha value is -2.35. The lowest BCUT2D eigenvalue weighted by molar-refractivity contribution is 0.718. The van der Waals surface area contributed by atoms with E-state index in [4.69, 9.17) is 10.7 Å². The minimum Gasteiger partial charge on any atom is -0.398 e. The molecule has 0 aliphatic carbocycles. The maximum absolute atomic E-state index is 6.23. The first-order valence-electron chi connectivity index (χ1n) is 7.36. The lowest BCUT2D eigenvalue weighted by Gasteiger charge is -2.09. The molecule has 2 rings (SSSR count). The lowest BCUT2D eigenvalue weighted by Crippen LogP contribution is -2.07. The van der Waals surface area contributed by atoms with Gasteiger partial charge >= 0.3 is 0 Å². The van der Waals surface area contributed by atoms with Gasteiger partial charge in [0.05, 0.1) is 5.71 Å². The minimum atomic E-state index is 0.278. The molecule has 108 valence electrons. The minimum absolute atomic E-state index is 0.278. The van der Waals surface area contributed by atoms with Crippen LogP contribution in [0.15, 0.2) is 71.7 Å². The Morgan fingerprint density at radius 3 is 2.05 bits per heavy atom. The number of aliphatic imine (C=N–C) groups is 1. The van der Waals surface area contributed by atoms with Crippen molar-refractivity contribution in [1.29, 1.82) is 0 Å². The van der Waals surface area contributed by atoms with Gasteiger partial charge in [0.15, 0.2) is 0 Å². The molecule has 0 saturated heterocycles. The Morgan fingerprint density at radius 1 is 1.00 bits per heavy atom. The van der Waals surface area contributed by atoms with Gasteiger partial charge in [-0.05, 0) is 30.5 Å². The molecule has 2 aromatic carbocycles. The maximum Gasteiger partial charge on any atom is 0.0670 e. The Bertz CT molecular complexity index is 613. The van der Waals surface area contributed by atoms with Crippen LogP contribution in [0.4, 0.5) is 0 Å². The summed E-state index contributed by atoms with van der Waals surface area (Å²) in [5.74, 6) is 0. The van der Waals surface area contributed by atoms with Crippen LogP contribution in [0.1, 0.15) is 31.4 Å². The van der Waals surface area contributed by atoms with Crippen LogP contribution >= 0.6 is 0 Å². The van der Waals surface area contributed by atoms with E-state index in [1.54, 1.807) is 0 Å². The number of rotatable bonds is 5. The summed E-state index contributed by atoms with van der Waals surface area (Å²) in [6, 6.07) is 20.5. The molecule has 2 aromatic rings. The Labute approximate surface area is 127 Å². The van der Waals surface area contributed by atoms with Crippen molar-refractivity contribution in [2.45, 2.75) is 26.3 Å². The van der Waals surface area contributed by atoms with E-state index >= 15 is 0 Å². The summed E-state index contributed by atoms with van der Waals surface area (Å²) in [7, 11) is 0. The molecule has 0 heterocycles. The van der Waals surface area contributed by atoms with Gasteiger partial charge in [0.1, 0.15) is 0 Å². The van der Waals surface area contributed by atoms with Gasteiger partial charge in [-0.2, -0.15) is 0 Å². The fourth-order valence-corrected chi connectivity index (χ4v) is 1.99. The van der Waals surface area contributed by atoms with E-state index < -0.39 is 0 Å². The number of hydrogen-bond donors (Lipinski definition) is 1. The van der Waals surface area contributed by atoms with Gasteiger partial charge in [0.25, 0.3) is 0 Å². The average Bonchev–Trinajstić information content (AvgIpc) is 2.55. The van der Waals surface area contributed by atoms with Crippen molar-refractivity contribution in [2.75, 3.05) is 0 Å². The molecule has 2 N–H and O–H groups in total. The molecular formula is C19H22N2. The summed E-state index contributed by atoms with van der Waals surface area (Å²) >= 11 is 0. The van der Waals surface area contributed by atoms with E-state index in [-0.39, 0.29) is 6.04 Å². The first-order valence-corrected chi connectivity index (χ1v) is 7.36. The highest BCUT2D eigenvalue weighted by Gasteiger charge is 2.05. The van der Waals surface area contributed by atoms with Crippen LogP contribution in [0.5, 0.6) is 0 Å². The zero-order valence-corrected chi connectivity index (χ0v) is 12.7. The Kier molecular flexibility index (Phi) is 5.33. The zero-order valence-electron chi connectivity index (χ0n) is 12.7. The van der Waals surface area contributed by atoms with E-state index in [1.165, 1.54) is 0 Å². The summed E-state index contributed by atoms with van der Waals surface area (Å²) in [5.41, 5.74) is 10.0. The van der Waals surface area contributed by atoms with Crippen molar-refractivity contribution in [2.24, 2.45) is 10.7 Å². The predicted octanol–water partition coefficient (Wildman–Crippen LogP) is 4.27. The number of benzene rings is 2. The van der Waals surface area contributed by atoms with Crippen LogP contribution in [0.2, 0.25) is 0 Å². The Balaban J connectivity index is 2.39. The van der Waals surface area contributed by atoms with Gasteiger partial charge in [-0.1, -0.05) is 67.6 Å². The van der Waals surface area contributed by atoms with E-state index in [0.29, 0.717) is 0 Å². The van der Waals surface area contributed by atoms with Gasteiger partial charge in [-0.25, -0.2) is 0 Å². The van der Waals surface area contributed by atoms with Gasteiger partial charge in [0, 0.05) is 11.7 Å². The summed E-state index contributed by atoms with van der Waals surface area (Å²) in [6.45, 7) is 4.26. The number of nitrogens with zero attached hydrogens (tertiary/aromatic N) is 1. The Morgan fingerprint density at radius 2 is 1.52 bits per heavy atom. The van der Waals surface area contributed by atoms with Crippen molar-refractivity contribution < 1.29 is 0 Å². The van der Waals surface area contributed by atoms with E-state index in [0.717, 1.165) is 29.0 Å². The molecule has 0 aliphatic heterocycles. The second kappa shape index (κ2) is 7.44. The maximum atomic E-state index is 6.23. The molecule has 21 heavy (non-hydrogen) atoms. The van der Waals surface area contributed by atoms with Crippen LogP contribution in [0.25, 0.3) is 5.70 Å². The summed E-state index contributed by atoms with van der Waals surface area (Å²) in [4.78, 5) is 4.79. The molecule has 0 bridgehead atoms. The van der Waals surface area contributed by atoms with Gasteiger partial charge in [0.2, 0.25) is 0 Å². The quantitative estimate of drug-likeness (QED) is 0.815. The summed E-state index contributed by atoms with van der Waals surface area (Å²) < 4.78 is 0. The molecule has 0 spiro atoms. The smallest absolute Gasteiger partial charge is 0.0670 e. The van der Waals surface area contributed by atoms with Crippen molar-refractivity contribution in [1.82, 2.24) is 0 Å². The SMILES string of the molecule is CC[C@H](C)N=C(C=C(N)c1ccccc1)c1ccccc1. The molecule has 1 atom stereocenters. The van der Waals surface area contributed by atoms with Crippen LogP contribution < -0.4 is 5.73 Å². The van der Waals surface area contributed by atoms with Gasteiger partial charge in [-0.3, -0.25) is 4.99 Å². The predicted molar refractivity (Wildman–Crippen MR) is 91.3 cm³/mol. The van der Waals surface area contributed by atoms with Crippen molar-refractivity contribution >= 4 is 11.4 Å². The fraction of sp³-hybridized carbons (Fsp3) is 0.211. The number of nitrogens with two attached hydrogens (primary N) is 1. The molecular weight excluding hydrogens is 256 g/mol. The third-order valence-corrected chi connectivity index (χ3v) is 3.42. The second-order valence-corrected chi connectivity index (χ2v) is 5.10. The highest BCUT2D eigenvalue weighted by atomic mass is 14.8. The van der Waals surface area contributed by atoms with E-state index in [2.05, 4.69) is 26.0 Å². The third-order valence-electron chi connectivity index (χ3n) is 3.42. The number of hydrogen-bond acceptors (Lipinski definition) is 2. The van der Waals surface area contributed by atoms with Crippen LogP contribution in [-0.2, 0) is 0 Å². The molecule has 0 unspecified atom stereocenters. The molecule has 0 fully saturated rings. The fourth-order valence-electron chi connectivity index (χ4n) is 1.99. The topological polar surface area (TPSA) is 38.4 Å². The zero-order chi connectivity index (χ0) is 15.1. The largest absolute Gasteiger partial charge is 0.398 e. The van der Waals surface area contributed by atoms with Crippen molar-refractivity contribution in [3.63, 3.8) is 0 Å². The molecule has 2 nitrogen and oxygen atoms in total.